The van der Waals surface area contributed by atoms with Crippen molar-refractivity contribution in [1.29, 1.82) is 0 Å². The van der Waals surface area contributed by atoms with Crippen LogP contribution in [0.4, 0.5) is 4.32 Å². The third-order valence-electron chi connectivity index (χ3n) is 3.50. The van der Waals surface area contributed by atoms with Crippen LogP contribution in [-0.4, -0.2) is 82.7 Å². The molecule has 0 spiro atoms. The van der Waals surface area contributed by atoms with Gasteiger partial charge in [-0.15, -0.1) is 11.1 Å². The summed E-state index contributed by atoms with van der Waals surface area (Å²) in [5.41, 5.74) is 10.5. The Morgan fingerprint density at radius 3 is 1.35 bits per heavy atom. The Kier molecular flexibility index (Phi) is 13.4. The van der Waals surface area contributed by atoms with Crippen molar-refractivity contribution < 1.29 is 54.1 Å². The number of halogens is 1. The Bertz CT molecular complexity index is 339. The fourth-order valence-electron chi connectivity index (χ4n) is 2.29. The second-order valence-electron chi connectivity index (χ2n) is 5.15. The van der Waals surface area contributed by atoms with E-state index in [1.54, 1.807) is 0 Å². The minimum Gasteiger partial charge on any atom is -0.867 e. The first kappa shape index (κ1) is 24.9. The van der Waals surface area contributed by atoms with Crippen LogP contribution in [0.3, 0.4) is 0 Å². The van der Waals surface area contributed by atoms with Crippen LogP contribution in [0.15, 0.2) is 10.4 Å². The zero-order chi connectivity index (χ0) is 19.9. The highest BCUT2D eigenvalue weighted by atomic mass is 19.1. The van der Waals surface area contributed by atoms with Gasteiger partial charge in [0.25, 0.3) is 0 Å². The van der Waals surface area contributed by atoms with Crippen LogP contribution in [0.25, 0.3) is 0 Å². The van der Waals surface area contributed by atoms with E-state index < -0.39 is 7.40 Å². The second-order valence-corrected chi connectivity index (χ2v) is 5.15. The van der Waals surface area contributed by atoms with Crippen LogP contribution in [0.5, 0.6) is 0 Å². The molecule has 0 aliphatic carbocycles. The van der Waals surface area contributed by atoms with Crippen LogP contribution in [0.1, 0.15) is 13.8 Å². The van der Waals surface area contributed by atoms with Crippen molar-refractivity contribution >= 4 is 7.40 Å². The van der Waals surface area contributed by atoms with E-state index in [0.717, 1.165) is 0 Å². The maximum Gasteiger partial charge on any atom is 0.210 e. The summed E-state index contributed by atoms with van der Waals surface area (Å²) in [6.45, 7) is 10.6. The van der Waals surface area contributed by atoms with E-state index >= 15 is 0 Å². The highest BCUT2D eigenvalue weighted by Gasteiger charge is 2.36. The second kappa shape index (κ2) is 14.0. The first-order valence-corrected chi connectivity index (χ1v) is 8.38. The van der Waals surface area contributed by atoms with Gasteiger partial charge in [0.15, 0.2) is 26.2 Å². The summed E-state index contributed by atoms with van der Waals surface area (Å²) in [5.74, 6) is 0. The summed E-state index contributed by atoms with van der Waals surface area (Å²) >= 11 is 0. The maximum atomic E-state index is 9.89. The quantitative estimate of drug-likeness (QED) is 0.267. The van der Waals surface area contributed by atoms with Gasteiger partial charge in [0.2, 0.25) is 10.4 Å². The Balaban J connectivity index is 0.000000401. The molecule has 2 saturated heterocycles. The van der Waals surface area contributed by atoms with Crippen LogP contribution in [0.2, 0.25) is 0 Å². The van der Waals surface area contributed by atoms with E-state index in [2.05, 4.69) is 10.4 Å². The van der Waals surface area contributed by atoms with Gasteiger partial charge < -0.3 is 23.8 Å². The van der Waals surface area contributed by atoms with Crippen molar-refractivity contribution in [2.45, 2.75) is 13.8 Å². The van der Waals surface area contributed by atoms with Gasteiger partial charge in [0, 0.05) is 0 Å². The number of morpholine rings is 2. The molecule has 152 valence electrons. The number of nitrogens with two attached hydrogens (primary N) is 2. The van der Waals surface area contributed by atoms with Crippen molar-refractivity contribution in [2.75, 3.05) is 65.8 Å². The summed E-state index contributed by atoms with van der Waals surface area (Å²) in [5, 5.41) is 24.0. The molecule has 4 N–H and O–H groups in total. The lowest BCUT2D eigenvalue weighted by Gasteiger charge is -2.27. The molecule has 2 heterocycles. The van der Waals surface area contributed by atoms with Gasteiger partial charge in [-0.1, -0.05) is 0 Å². The fraction of sp³-hybridized carbons (Fsp3) is 1.00. The van der Waals surface area contributed by atoms with Crippen LogP contribution < -0.4 is 21.1 Å². The number of hydroxylamine groups is 4. The molecule has 0 bridgehead atoms. The largest absolute Gasteiger partial charge is 0.867 e. The number of rotatable bonds is 6. The Morgan fingerprint density at radius 1 is 0.885 bits per heavy atom. The highest BCUT2D eigenvalue weighted by molar-refractivity contribution is 6.27. The summed E-state index contributed by atoms with van der Waals surface area (Å²) in [6.07, 6.45) is 0. The number of hydrogen-bond donors (Lipinski definition) is 2. The zero-order valence-corrected chi connectivity index (χ0v) is 15.4. The molecule has 0 aromatic carbocycles. The lowest BCUT2D eigenvalue weighted by Crippen LogP contribution is -2.55. The van der Waals surface area contributed by atoms with E-state index in [-0.39, 0.29) is 9.51 Å². The van der Waals surface area contributed by atoms with Gasteiger partial charge in [-0.25, -0.2) is 0 Å². The lowest BCUT2D eigenvalue weighted by atomic mass is 10.3. The fourth-order valence-corrected chi connectivity index (χ4v) is 2.29. The summed E-state index contributed by atoms with van der Waals surface area (Å²) in [7, 11) is -3.17. The van der Waals surface area contributed by atoms with Crippen LogP contribution in [-0.2, 0) is 19.1 Å². The molecular formula is C12H30BFN6O6+2. The van der Waals surface area contributed by atoms with Crippen molar-refractivity contribution in [3.63, 3.8) is 0 Å². The van der Waals surface area contributed by atoms with Gasteiger partial charge in [-0.2, -0.15) is 9.68 Å². The maximum absolute atomic E-state index is 9.89. The summed E-state index contributed by atoms with van der Waals surface area (Å²) in [6, 6.07) is 0. The number of quaternary nitrogens is 2. The number of hydrogen-bond acceptors (Lipinski definition) is 8. The van der Waals surface area contributed by atoms with E-state index in [9.17, 15) is 4.32 Å². The molecule has 0 unspecified atom stereocenters. The topological polar surface area (TPSA) is 159 Å². The molecule has 0 atom stereocenters. The van der Waals surface area contributed by atoms with Gasteiger partial charge >= 0.3 is 0 Å². The first-order valence-electron chi connectivity index (χ1n) is 8.38. The normalized spacial score (nSPS) is 20.5. The van der Waals surface area contributed by atoms with E-state index in [1.165, 1.54) is 0 Å². The summed E-state index contributed by atoms with van der Waals surface area (Å²) in [4.78, 5) is 10.8. The third kappa shape index (κ3) is 10.1. The molecule has 0 saturated carbocycles. The molecule has 12 nitrogen and oxygen atoms in total. The molecule has 14 heteroatoms. The minimum absolute atomic E-state index is 0.191. The predicted octanol–water partition coefficient (Wildman–Crippen LogP) is -4.52. The van der Waals surface area contributed by atoms with Crippen LogP contribution >= 0.6 is 0 Å². The predicted molar refractivity (Wildman–Crippen MR) is 80.4 cm³/mol. The highest BCUT2D eigenvalue weighted by Crippen LogP contribution is 2.12. The molecule has 0 aromatic rings. The molecular weight excluding hydrogens is 354 g/mol. The van der Waals surface area contributed by atoms with Crippen LogP contribution in [0, 0.1) is 0 Å². The molecule has 2 fully saturated rings. The Morgan fingerprint density at radius 2 is 1.15 bits per heavy atom. The Hall–Kier alpha value is -1.13. The van der Waals surface area contributed by atoms with E-state index in [4.69, 9.17) is 40.3 Å². The molecule has 0 aromatic heterocycles. The Labute approximate surface area is 152 Å². The van der Waals surface area contributed by atoms with Crippen molar-refractivity contribution in [3.05, 3.63) is 0 Å². The average molecular weight is 384 g/mol. The molecule has 2 rings (SSSR count). The molecule has 0 radical (unpaired) electrons. The smallest absolute Gasteiger partial charge is 0.210 e. The van der Waals surface area contributed by atoms with Gasteiger partial charge in [-0.05, 0) is 23.4 Å². The summed E-state index contributed by atoms with van der Waals surface area (Å²) < 4.78 is 20.6. The van der Waals surface area contributed by atoms with Gasteiger partial charge in [0.1, 0.15) is 47.0 Å². The SMILES string of the molecule is CCO[N+]1(N=[NH2+])CCOCC1.CCO[N+]1(N=[NH2+])CCOCC1.[O-]B([O-])F. The molecule has 26 heavy (non-hydrogen) atoms. The molecule has 2 aliphatic rings. The van der Waals surface area contributed by atoms with E-state index in [1.807, 2.05) is 13.8 Å². The van der Waals surface area contributed by atoms with Crippen molar-refractivity contribution in [2.24, 2.45) is 10.4 Å². The van der Waals surface area contributed by atoms with Gasteiger partial charge in [-0.3, -0.25) is 0 Å². The van der Waals surface area contributed by atoms with Gasteiger partial charge in [0.05, 0.1) is 0 Å². The van der Waals surface area contributed by atoms with E-state index in [0.29, 0.717) is 65.8 Å². The zero-order valence-electron chi connectivity index (χ0n) is 15.4. The first-order chi connectivity index (χ1) is 12.4. The monoisotopic (exact) mass is 384 g/mol. The molecule has 0 amide bonds. The molecule has 2 aliphatic heterocycles. The van der Waals surface area contributed by atoms with Crippen molar-refractivity contribution in [1.82, 2.24) is 0 Å². The standard InChI is InChI=1S/2C6H14N3O2.BFO2/c2*1-2-11-9(8-7)3-5-10-6-4-9;2-1(3)4/h2*7H,2-6H2,1H3;/q2*+1;-2/p+2. The number of ether oxygens (including phenoxy) is 2. The third-order valence-corrected chi connectivity index (χ3v) is 3.50. The van der Waals surface area contributed by atoms with Crippen molar-refractivity contribution in [3.8, 4) is 0 Å². The average Bonchev–Trinajstić information content (AvgIpc) is 2.64. The number of nitrogens with zero attached hydrogens (tertiary/aromatic N) is 4. The minimum atomic E-state index is -3.17. The lowest BCUT2D eigenvalue weighted by molar-refractivity contribution is -1.14.